The zero-order valence-corrected chi connectivity index (χ0v) is 7.76. The van der Waals surface area contributed by atoms with Crippen molar-refractivity contribution in [1.29, 1.82) is 0 Å². The molecule has 3 heteroatoms. The summed E-state index contributed by atoms with van der Waals surface area (Å²) in [5.41, 5.74) is 1.05. The smallest absolute Gasteiger partial charge is 0.0827 e. The molecule has 1 heterocycles. The van der Waals surface area contributed by atoms with Crippen LogP contribution in [0.1, 0.15) is 33.4 Å². The van der Waals surface area contributed by atoms with Crippen LogP contribution in [0, 0.1) is 5.92 Å². The molecule has 1 aromatic rings. The lowest BCUT2D eigenvalue weighted by Crippen LogP contribution is -1.93. The molecule has 0 fully saturated rings. The van der Waals surface area contributed by atoms with Gasteiger partial charge in [-0.05, 0) is 12.3 Å². The minimum atomic E-state index is 0.662. The molecule has 0 aliphatic rings. The third kappa shape index (κ3) is 4.53. The first-order chi connectivity index (χ1) is 5.29. The van der Waals surface area contributed by atoms with Crippen LogP contribution in [-0.2, 0) is 6.42 Å². The van der Waals surface area contributed by atoms with E-state index in [2.05, 4.69) is 29.3 Å². The number of hydrogen-bond donors (Lipinski definition) is 1. The van der Waals surface area contributed by atoms with Crippen molar-refractivity contribution in [3.63, 3.8) is 0 Å². The molecule has 0 saturated carbocycles. The van der Waals surface area contributed by atoms with Gasteiger partial charge in [-0.15, -0.1) is 0 Å². The largest absolute Gasteiger partial charge is 0.198 e. The van der Waals surface area contributed by atoms with Gasteiger partial charge in [-0.1, -0.05) is 27.7 Å². The Kier molecular flexibility index (Phi) is 5.43. The fourth-order valence-corrected chi connectivity index (χ4v) is 0.742. The summed E-state index contributed by atoms with van der Waals surface area (Å²) in [5.74, 6) is 0.662. The molecule has 0 aliphatic heterocycles. The molecule has 0 saturated heterocycles. The third-order valence-corrected chi connectivity index (χ3v) is 1.08. The molecule has 0 radical (unpaired) electrons. The number of nitrogens with one attached hydrogen (secondary N) is 1. The molecule has 0 amide bonds. The maximum atomic E-state index is 3.92. The average Bonchev–Trinajstić information content (AvgIpc) is 2.43. The Bertz CT molecular complexity index is 156. The molecule has 1 aromatic heterocycles. The van der Waals surface area contributed by atoms with Gasteiger partial charge in [0.05, 0.1) is 11.9 Å². The predicted molar refractivity (Wildman–Crippen MR) is 46.3 cm³/mol. The van der Waals surface area contributed by atoms with Gasteiger partial charge in [-0.3, -0.25) is 0 Å². The lowest BCUT2D eigenvalue weighted by molar-refractivity contribution is 0.633. The van der Waals surface area contributed by atoms with Crippen LogP contribution < -0.4 is 0 Å². The van der Waals surface area contributed by atoms with Crippen molar-refractivity contribution in [2.45, 2.75) is 34.1 Å². The monoisotopic (exact) mass is 155 g/mol. The second-order valence-corrected chi connectivity index (χ2v) is 2.56. The van der Waals surface area contributed by atoms with Gasteiger partial charge in [0.2, 0.25) is 0 Å². The van der Waals surface area contributed by atoms with Gasteiger partial charge in [0.1, 0.15) is 0 Å². The van der Waals surface area contributed by atoms with E-state index in [-0.39, 0.29) is 0 Å². The molecule has 1 rings (SSSR count). The zero-order valence-electron chi connectivity index (χ0n) is 7.76. The summed E-state index contributed by atoms with van der Waals surface area (Å²) >= 11 is 0. The Morgan fingerprint density at radius 1 is 1.45 bits per heavy atom. The van der Waals surface area contributed by atoms with Gasteiger partial charge in [0.25, 0.3) is 0 Å². The molecule has 0 spiro atoms. The summed E-state index contributed by atoms with van der Waals surface area (Å²) in [6.07, 6.45) is 2.77. The van der Waals surface area contributed by atoms with Crippen LogP contribution in [0.5, 0.6) is 0 Å². The minimum Gasteiger partial charge on any atom is -0.198 e. The van der Waals surface area contributed by atoms with Gasteiger partial charge < -0.3 is 0 Å². The summed E-state index contributed by atoms with van der Waals surface area (Å²) in [5, 5.41) is 10.2. The van der Waals surface area contributed by atoms with Crippen molar-refractivity contribution < 1.29 is 0 Å². The van der Waals surface area contributed by atoms with Crippen molar-refractivity contribution in [1.82, 2.24) is 15.4 Å². The molecule has 0 aromatic carbocycles. The summed E-state index contributed by atoms with van der Waals surface area (Å²) in [7, 11) is 0. The summed E-state index contributed by atoms with van der Waals surface area (Å²) in [6.45, 7) is 8.32. The Hall–Kier alpha value is -0.860. The van der Waals surface area contributed by atoms with Gasteiger partial charge in [0, 0.05) is 0 Å². The lowest BCUT2D eigenvalue weighted by atomic mass is 10.1. The maximum Gasteiger partial charge on any atom is 0.0827 e. The highest BCUT2D eigenvalue weighted by atomic mass is 15.3. The van der Waals surface area contributed by atoms with Crippen LogP contribution in [0.25, 0.3) is 0 Å². The van der Waals surface area contributed by atoms with E-state index in [1.54, 1.807) is 6.20 Å². The molecule has 0 aliphatic carbocycles. The number of nitrogens with zero attached hydrogens (tertiary/aromatic N) is 2. The molecule has 0 bridgehead atoms. The van der Waals surface area contributed by atoms with E-state index in [0.717, 1.165) is 12.1 Å². The van der Waals surface area contributed by atoms with E-state index in [0.29, 0.717) is 5.92 Å². The van der Waals surface area contributed by atoms with Gasteiger partial charge >= 0.3 is 0 Å². The van der Waals surface area contributed by atoms with E-state index in [9.17, 15) is 0 Å². The highest BCUT2D eigenvalue weighted by Crippen LogP contribution is 2.00. The Morgan fingerprint density at radius 2 is 2.09 bits per heavy atom. The van der Waals surface area contributed by atoms with E-state index in [4.69, 9.17) is 0 Å². The fourth-order valence-electron chi connectivity index (χ4n) is 0.742. The van der Waals surface area contributed by atoms with Crippen LogP contribution in [0.2, 0.25) is 0 Å². The van der Waals surface area contributed by atoms with Crippen molar-refractivity contribution >= 4 is 0 Å². The molecule has 0 unspecified atom stereocenters. The topological polar surface area (TPSA) is 41.6 Å². The minimum absolute atomic E-state index is 0.662. The maximum absolute atomic E-state index is 3.92. The summed E-state index contributed by atoms with van der Waals surface area (Å²) < 4.78 is 0. The molecule has 64 valence electrons. The number of H-pyrrole nitrogens is 1. The molecule has 0 atom stereocenters. The first-order valence-electron chi connectivity index (χ1n) is 4.13. The Morgan fingerprint density at radius 3 is 2.45 bits per heavy atom. The molecule has 11 heavy (non-hydrogen) atoms. The second-order valence-electron chi connectivity index (χ2n) is 2.56. The van der Waals surface area contributed by atoms with Crippen LogP contribution in [-0.4, -0.2) is 15.4 Å². The normalized spacial score (nSPS) is 9.18. The first-order valence-corrected chi connectivity index (χ1v) is 4.13. The van der Waals surface area contributed by atoms with E-state index in [1.807, 2.05) is 13.8 Å². The number of rotatable bonds is 2. The predicted octanol–water partition coefficient (Wildman–Crippen LogP) is 2.03. The highest BCUT2D eigenvalue weighted by Gasteiger charge is 1.97. The Labute approximate surface area is 68.2 Å². The van der Waals surface area contributed by atoms with Gasteiger partial charge in [-0.2, -0.15) is 15.4 Å². The molecule has 1 N–H and O–H groups in total. The number of aromatic nitrogens is 3. The second kappa shape index (κ2) is 5.89. The molecular weight excluding hydrogens is 138 g/mol. The van der Waals surface area contributed by atoms with Crippen LogP contribution in [0.3, 0.4) is 0 Å². The van der Waals surface area contributed by atoms with Crippen LogP contribution in [0.15, 0.2) is 6.20 Å². The summed E-state index contributed by atoms with van der Waals surface area (Å²) in [4.78, 5) is 0. The fraction of sp³-hybridized carbons (Fsp3) is 0.750. The number of aromatic amines is 1. The standard InChI is InChI=1S/C6H11N3.C2H6/c1-5(2)3-6-4-7-9-8-6;1-2/h4-5H,3H2,1-2H3,(H,7,8,9);1-2H3. The summed E-state index contributed by atoms with van der Waals surface area (Å²) in [6, 6.07) is 0. The van der Waals surface area contributed by atoms with Crippen molar-refractivity contribution in [3.8, 4) is 0 Å². The van der Waals surface area contributed by atoms with Crippen molar-refractivity contribution in [2.75, 3.05) is 0 Å². The average molecular weight is 155 g/mol. The zero-order chi connectivity index (χ0) is 8.69. The van der Waals surface area contributed by atoms with Crippen molar-refractivity contribution in [3.05, 3.63) is 11.9 Å². The third-order valence-electron chi connectivity index (χ3n) is 1.08. The van der Waals surface area contributed by atoms with Crippen LogP contribution >= 0.6 is 0 Å². The van der Waals surface area contributed by atoms with E-state index < -0.39 is 0 Å². The van der Waals surface area contributed by atoms with E-state index >= 15 is 0 Å². The molecular formula is C8H17N3. The Balaban J connectivity index is 0.000000461. The molecule has 3 nitrogen and oxygen atoms in total. The number of hydrogen-bond acceptors (Lipinski definition) is 2. The van der Waals surface area contributed by atoms with E-state index in [1.165, 1.54) is 0 Å². The van der Waals surface area contributed by atoms with Gasteiger partial charge in [0.15, 0.2) is 0 Å². The van der Waals surface area contributed by atoms with Gasteiger partial charge in [-0.25, -0.2) is 0 Å². The first kappa shape index (κ1) is 10.1. The lowest BCUT2D eigenvalue weighted by Gasteiger charge is -1.96. The quantitative estimate of drug-likeness (QED) is 0.710. The SMILES string of the molecule is CC.CC(C)Cc1cn[nH]n1. The van der Waals surface area contributed by atoms with Crippen LogP contribution in [0.4, 0.5) is 0 Å². The van der Waals surface area contributed by atoms with Crippen molar-refractivity contribution in [2.24, 2.45) is 5.92 Å². The highest BCUT2D eigenvalue weighted by molar-refractivity contribution is 4.90.